The number of fused-ring (bicyclic) bond motifs is 1. The Balaban J connectivity index is 2.04. The summed E-state index contributed by atoms with van der Waals surface area (Å²) < 4.78 is 11.2. The third kappa shape index (κ3) is 2.59. The fraction of sp³-hybridized carbons (Fsp3) is 0.357. The largest absolute Gasteiger partial charge is 0.495 e. The molecule has 112 valence electrons. The SMILES string of the molecule is COc1ccc2c(Cl)c(C(=O)N3CCOCC3)sc2c1Cl. The minimum absolute atomic E-state index is 0.0699. The van der Waals surface area contributed by atoms with Gasteiger partial charge in [-0.05, 0) is 12.1 Å². The second-order valence-electron chi connectivity index (χ2n) is 4.61. The number of nitrogens with zero attached hydrogens (tertiary/aromatic N) is 1. The lowest BCUT2D eigenvalue weighted by Gasteiger charge is -2.26. The Morgan fingerprint density at radius 2 is 2.00 bits per heavy atom. The topological polar surface area (TPSA) is 38.8 Å². The van der Waals surface area contributed by atoms with E-state index in [-0.39, 0.29) is 5.91 Å². The van der Waals surface area contributed by atoms with E-state index in [0.717, 1.165) is 10.1 Å². The van der Waals surface area contributed by atoms with Crippen LogP contribution in [0.15, 0.2) is 12.1 Å². The lowest BCUT2D eigenvalue weighted by atomic mass is 10.2. The molecule has 2 aromatic rings. The predicted molar refractivity (Wildman–Crippen MR) is 85.1 cm³/mol. The Hall–Kier alpha value is -1.01. The average molecular weight is 346 g/mol. The number of rotatable bonds is 2. The first-order valence-electron chi connectivity index (χ1n) is 6.45. The zero-order chi connectivity index (χ0) is 15.0. The van der Waals surface area contributed by atoms with E-state index in [1.165, 1.54) is 11.3 Å². The molecule has 0 unspecified atom stereocenters. The number of methoxy groups -OCH3 is 1. The highest BCUT2D eigenvalue weighted by molar-refractivity contribution is 7.22. The molecule has 4 nitrogen and oxygen atoms in total. The summed E-state index contributed by atoms with van der Waals surface area (Å²) in [5, 5.41) is 1.73. The van der Waals surface area contributed by atoms with Crippen LogP contribution in [-0.2, 0) is 4.74 Å². The van der Waals surface area contributed by atoms with Crippen molar-refractivity contribution in [3.8, 4) is 5.75 Å². The van der Waals surface area contributed by atoms with Gasteiger partial charge >= 0.3 is 0 Å². The third-order valence-corrected chi connectivity index (χ3v) is 5.62. The zero-order valence-corrected chi connectivity index (χ0v) is 13.6. The summed E-state index contributed by atoms with van der Waals surface area (Å²) in [6.07, 6.45) is 0. The number of hydrogen-bond acceptors (Lipinski definition) is 4. The molecule has 3 rings (SSSR count). The molecule has 7 heteroatoms. The van der Waals surface area contributed by atoms with Gasteiger partial charge in [0.15, 0.2) is 0 Å². The van der Waals surface area contributed by atoms with Crippen LogP contribution >= 0.6 is 34.5 Å². The summed E-state index contributed by atoms with van der Waals surface area (Å²) in [7, 11) is 1.56. The third-order valence-electron chi connectivity index (χ3n) is 3.41. The van der Waals surface area contributed by atoms with E-state index < -0.39 is 0 Å². The first-order valence-corrected chi connectivity index (χ1v) is 8.02. The first kappa shape index (κ1) is 14.9. The molecule has 0 saturated carbocycles. The summed E-state index contributed by atoms with van der Waals surface area (Å²) in [6.45, 7) is 2.28. The number of ether oxygens (including phenoxy) is 2. The molecule has 1 aromatic heterocycles. The average Bonchev–Trinajstić information content (AvgIpc) is 2.86. The Bertz CT molecular complexity index is 695. The van der Waals surface area contributed by atoms with Gasteiger partial charge in [-0.15, -0.1) is 11.3 Å². The van der Waals surface area contributed by atoms with E-state index in [2.05, 4.69) is 0 Å². The first-order chi connectivity index (χ1) is 10.1. The van der Waals surface area contributed by atoms with Gasteiger partial charge in [0, 0.05) is 18.5 Å². The van der Waals surface area contributed by atoms with E-state index in [9.17, 15) is 4.79 Å². The van der Waals surface area contributed by atoms with Crippen LogP contribution in [0, 0.1) is 0 Å². The zero-order valence-electron chi connectivity index (χ0n) is 11.3. The van der Waals surface area contributed by atoms with E-state index >= 15 is 0 Å². The van der Waals surface area contributed by atoms with E-state index in [0.29, 0.717) is 47.0 Å². The number of carbonyl (C=O) groups excluding carboxylic acids is 1. The highest BCUT2D eigenvalue weighted by Crippen LogP contribution is 2.43. The molecule has 1 aromatic carbocycles. The quantitative estimate of drug-likeness (QED) is 0.833. The van der Waals surface area contributed by atoms with Crippen molar-refractivity contribution < 1.29 is 14.3 Å². The Morgan fingerprint density at radius 1 is 1.29 bits per heavy atom. The number of carbonyl (C=O) groups is 1. The maximum Gasteiger partial charge on any atom is 0.265 e. The molecule has 2 heterocycles. The van der Waals surface area contributed by atoms with Gasteiger partial charge in [0.25, 0.3) is 5.91 Å². The Labute approximate surface area is 136 Å². The number of thiophene rings is 1. The molecule has 1 saturated heterocycles. The summed E-state index contributed by atoms with van der Waals surface area (Å²) in [6, 6.07) is 3.58. The van der Waals surface area contributed by atoms with Gasteiger partial charge in [-0.25, -0.2) is 0 Å². The minimum atomic E-state index is -0.0699. The lowest BCUT2D eigenvalue weighted by molar-refractivity contribution is 0.0306. The highest BCUT2D eigenvalue weighted by Gasteiger charge is 2.25. The van der Waals surface area contributed by atoms with Crippen LogP contribution < -0.4 is 4.74 Å². The molecule has 21 heavy (non-hydrogen) atoms. The van der Waals surface area contributed by atoms with E-state index in [1.54, 1.807) is 18.1 Å². The van der Waals surface area contributed by atoms with Crippen molar-refractivity contribution in [3.05, 3.63) is 27.1 Å². The number of benzene rings is 1. The normalized spacial score (nSPS) is 15.5. The number of amides is 1. The van der Waals surface area contributed by atoms with Crippen molar-refractivity contribution in [3.63, 3.8) is 0 Å². The fourth-order valence-electron chi connectivity index (χ4n) is 2.29. The van der Waals surface area contributed by atoms with Gasteiger partial charge in [0.05, 0.1) is 30.0 Å². The molecule has 0 spiro atoms. The van der Waals surface area contributed by atoms with Gasteiger partial charge < -0.3 is 14.4 Å². The lowest BCUT2D eigenvalue weighted by Crippen LogP contribution is -2.40. The molecule has 1 fully saturated rings. The van der Waals surface area contributed by atoms with Crippen molar-refractivity contribution in [2.75, 3.05) is 33.4 Å². The highest BCUT2D eigenvalue weighted by atomic mass is 35.5. The van der Waals surface area contributed by atoms with Crippen LogP contribution in [0.4, 0.5) is 0 Å². The second kappa shape index (κ2) is 6.01. The molecule has 0 bridgehead atoms. The molecule has 0 radical (unpaired) electrons. The molecule has 1 aliphatic rings. The summed E-state index contributed by atoms with van der Waals surface area (Å²) in [4.78, 5) is 14.9. The molecule has 0 N–H and O–H groups in total. The van der Waals surface area contributed by atoms with Gasteiger partial charge in [-0.2, -0.15) is 0 Å². The van der Waals surface area contributed by atoms with Crippen LogP contribution in [0.25, 0.3) is 10.1 Å². The van der Waals surface area contributed by atoms with Crippen LogP contribution in [-0.4, -0.2) is 44.2 Å². The van der Waals surface area contributed by atoms with Crippen molar-refractivity contribution >= 4 is 50.5 Å². The van der Waals surface area contributed by atoms with Crippen LogP contribution in [0.5, 0.6) is 5.75 Å². The summed E-state index contributed by atoms with van der Waals surface area (Å²) in [5.74, 6) is 0.506. The second-order valence-corrected chi connectivity index (χ2v) is 6.38. The van der Waals surface area contributed by atoms with Gasteiger partial charge in [-0.1, -0.05) is 23.2 Å². The molecule has 1 aliphatic heterocycles. The van der Waals surface area contributed by atoms with Crippen LogP contribution in [0.2, 0.25) is 10.0 Å². The number of hydrogen-bond donors (Lipinski definition) is 0. The summed E-state index contributed by atoms with van der Waals surface area (Å²) in [5.41, 5.74) is 0. The van der Waals surface area contributed by atoms with Crippen molar-refractivity contribution in [2.45, 2.75) is 0 Å². The molecule has 0 atom stereocenters. The maximum absolute atomic E-state index is 12.6. The molecule has 0 aliphatic carbocycles. The van der Waals surface area contributed by atoms with Crippen LogP contribution in [0.1, 0.15) is 9.67 Å². The minimum Gasteiger partial charge on any atom is -0.495 e. The number of halogens is 2. The fourth-order valence-corrected chi connectivity index (χ4v) is 4.14. The Morgan fingerprint density at radius 3 is 2.67 bits per heavy atom. The van der Waals surface area contributed by atoms with Gasteiger partial charge in [0.1, 0.15) is 15.6 Å². The molecular formula is C14H13Cl2NO3S. The summed E-state index contributed by atoms with van der Waals surface area (Å²) >= 11 is 14.0. The maximum atomic E-state index is 12.6. The van der Waals surface area contributed by atoms with Crippen molar-refractivity contribution in [2.24, 2.45) is 0 Å². The molecule has 1 amide bonds. The smallest absolute Gasteiger partial charge is 0.265 e. The van der Waals surface area contributed by atoms with Gasteiger partial charge in [-0.3, -0.25) is 4.79 Å². The van der Waals surface area contributed by atoms with E-state index in [4.69, 9.17) is 32.7 Å². The number of morpholine rings is 1. The van der Waals surface area contributed by atoms with Crippen molar-refractivity contribution in [1.82, 2.24) is 4.90 Å². The standard InChI is InChI=1S/C14H13Cl2NO3S/c1-19-9-3-2-8-10(15)13(21-12(8)11(9)16)14(18)17-4-6-20-7-5-17/h2-3H,4-7H2,1H3. The van der Waals surface area contributed by atoms with Crippen LogP contribution in [0.3, 0.4) is 0 Å². The predicted octanol–water partition coefficient (Wildman–Crippen LogP) is 3.69. The Kier molecular flexibility index (Phi) is 4.26. The molecular weight excluding hydrogens is 333 g/mol. The van der Waals surface area contributed by atoms with Crippen molar-refractivity contribution in [1.29, 1.82) is 0 Å². The van der Waals surface area contributed by atoms with E-state index in [1.807, 2.05) is 6.07 Å². The monoisotopic (exact) mass is 345 g/mol. The van der Waals surface area contributed by atoms with Gasteiger partial charge in [0.2, 0.25) is 0 Å².